The van der Waals surface area contributed by atoms with Crippen molar-refractivity contribution in [2.24, 2.45) is 0 Å². The average molecular weight is 250 g/mol. The van der Waals surface area contributed by atoms with Crippen LogP contribution in [0.5, 0.6) is 5.19 Å². The lowest BCUT2D eigenvalue weighted by molar-refractivity contribution is 0.101. The number of ether oxygens (including phenoxy) is 1. The third-order valence-corrected chi connectivity index (χ3v) is 2.66. The van der Waals surface area contributed by atoms with Gasteiger partial charge >= 0.3 is 0 Å². The van der Waals surface area contributed by atoms with E-state index in [1.807, 2.05) is 0 Å². The van der Waals surface area contributed by atoms with Crippen molar-refractivity contribution in [3.63, 3.8) is 0 Å². The van der Waals surface area contributed by atoms with E-state index < -0.39 is 0 Å². The van der Waals surface area contributed by atoms with Crippen LogP contribution in [0.4, 0.5) is 5.13 Å². The van der Waals surface area contributed by atoms with E-state index in [2.05, 4.69) is 15.2 Å². The molecule has 2 heterocycles. The predicted octanol–water partition coefficient (Wildman–Crippen LogP) is 1.30. The van der Waals surface area contributed by atoms with Crippen LogP contribution in [-0.2, 0) is 6.61 Å². The maximum Gasteiger partial charge on any atom is 0.296 e. The standard InChI is InChI=1S/C10H10N4O2S/c1-6(15)7-2-3-8(12-4-7)5-16-10-14-13-9(11)17-10/h2-4H,5H2,1H3,(H2,11,13). The summed E-state index contributed by atoms with van der Waals surface area (Å²) in [5.74, 6) is -0.0122. The number of carbonyl (C=O) groups is 1. The monoisotopic (exact) mass is 250 g/mol. The Morgan fingerprint density at radius 3 is 2.82 bits per heavy atom. The highest BCUT2D eigenvalue weighted by atomic mass is 32.1. The minimum Gasteiger partial charge on any atom is -0.462 e. The minimum absolute atomic E-state index is 0.0122. The molecule has 0 spiro atoms. The summed E-state index contributed by atoms with van der Waals surface area (Å²) in [7, 11) is 0. The second kappa shape index (κ2) is 4.88. The van der Waals surface area contributed by atoms with Crippen LogP contribution in [0.15, 0.2) is 18.3 Å². The molecule has 2 N–H and O–H groups in total. The molecule has 2 aromatic heterocycles. The fraction of sp³-hybridized carbons (Fsp3) is 0.200. The van der Waals surface area contributed by atoms with E-state index in [0.29, 0.717) is 21.6 Å². The smallest absolute Gasteiger partial charge is 0.296 e. The first-order chi connectivity index (χ1) is 8.15. The van der Waals surface area contributed by atoms with Gasteiger partial charge in [-0.2, -0.15) is 0 Å². The molecule has 0 atom stereocenters. The van der Waals surface area contributed by atoms with Crippen molar-refractivity contribution in [3.8, 4) is 5.19 Å². The molecular weight excluding hydrogens is 240 g/mol. The summed E-state index contributed by atoms with van der Waals surface area (Å²) in [6.45, 7) is 1.77. The van der Waals surface area contributed by atoms with E-state index in [4.69, 9.17) is 10.5 Å². The Morgan fingerprint density at radius 1 is 1.47 bits per heavy atom. The Hall–Kier alpha value is -2.02. The highest BCUT2D eigenvalue weighted by Gasteiger charge is 2.04. The van der Waals surface area contributed by atoms with E-state index in [1.54, 1.807) is 12.1 Å². The normalized spacial score (nSPS) is 10.2. The number of pyridine rings is 1. The zero-order valence-electron chi connectivity index (χ0n) is 9.08. The van der Waals surface area contributed by atoms with Gasteiger partial charge in [0.1, 0.15) is 6.61 Å². The summed E-state index contributed by atoms with van der Waals surface area (Å²) in [5, 5.41) is 8.10. The van der Waals surface area contributed by atoms with Crippen LogP contribution in [0, 0.1) is 0 Å². The van der Waals surface area contributed by atoms with Gasteiger partial charge in [0, 0.05) is 11.8 Å². The number of rotatable bonds is 4. The van der Waals surface area contributed by atoms with E-state index in [9.17, 15) is 4.79 Å². The molecule has 88 valence electrons. The van der Waals surface area contributed by atoms with Crippen LogP contribution in [0.1, 0.15) is 23.0 Å². The van der Waals surface area contributed by atoms with E-state index >= 15 is 0 Å². The van der Waals surface area contributed by atoms with Gasteiger partial charge in [0.15, 0.2) is 5.78 Å². The molecule has 0 aliphatic rings. The summed E-state index contributed by atoms with van der Waals surface area (Å²) in [6, 6.07) is 3.45. The first kappa shape index (κ1) is 11.5. The highest BCUT2D eigenvalue weighted by molar-refractivity contribution is 7.16. The molecule has 2 rings (SSSR count). The Balaban J connectivity index is 1.97. The minimum atomic E-state index is -0.0122. The zero-order valence-corrected chi connectivity index (χ0v) is 9.90. The first-order valence-corrected chi connectivity index (χ1v) is 5.64. The van der Waals surface area contributed by atoms with Gasteiger partial charge in [0.05, 0.1) is 5.69 Å². The Morgan fingerprint density at radius 2 is 2.29 bits per heavy atom. The van der Waals surface area contributed by atoms with Gasteiger partial charge < -0.3 is 10.5 Å². The van der Waals surface area contributed by atoms with Crippen LogP contribution in [0.2, 0.25) is 0 Å². The SMILES string of the molecule is CC(=O)c1ccc(COc2nnc(N)s2)nc1. The number of hydrogen-bond donors (Lipinski definition) is 1. The number of nitrogen functional groups attached to an aromatic ring is 1. The Labute approximate surface area is 101 Å². The van der Waals surface area contributed by atoms with Crippen molar-refractivity contribution in [2.75, 3.05) is 5.73 Å². The quantitative estimate of drug-likeness (QED) is 0.822. The summed E-state index contributed by atoms with van der Waals surface area (Å²) in [5.41, 5.74) is 6.70. The molecule has 0 fully saturated rings. The maximum atomic E-state index is 11.0. The Bertz CT molecular complexity index is 523. The molecule has 0 aliphatic heterocycles. The molecule has 0 radical (unpaired) electrons. The van der Waals surface area contributed by atoms with Crippen molar-refractivity contribution in [1.82, 2.24) is 15.2 Å². The topological polar surface area (TPSA) is 91.0 Å². The summed E-state index contributed by atoms with van der Waals surface area (Å²) < 4.78 is 5.33. The molecule has 6 nitrogen and oxygen atoms in total. The molecule has 0 saturated heterocycles. The number of nitrogens with two attached hydrogens (primary N) is 1. The zero-order chi connectivity index (χ0) is 12.3. The molecule has 2 aromatic rings. The number of ketones is 1. The molecule has 0 aliphatic carbocycles. The highest BCUT2D eigenvalue weighted by Crippen LogP contribution is 2.19. The van der Waals surface area contributed by atoms with Crippen LogP contribution in [-0.4, -0.2) is 21.0 Å². The number of carbonyl (C=O) groups excluding carboxylic acids is 1. The number of nitrogens with zero attached hydrogens (tertiary/aromatic N) is 3. The van der Waals surface area contributed by atoms with Gasteiger partial charge in [-0.3, -0.25) is 9.78 Å². The van der Waals surface area contributed by atoms with Gasteiger partial charge in [-0.15, -0.1) is 5.10 Å². The first-order valence-electron chi connectivity index (χ1n) is 4.83. The third-order valence-electron chi connectivity index (χ3n) is 2.00. The summed E-state index contributed by atoms with van der Waals surface area (Å²) >= 11 is 1.17. The van der Waals surface area contributed by atoms with Crippen molar-refractivity contribution < 1.29 is 9.53 Å². The Kier molecular flexibility index (Phi) is 3.29. The van der Waals surface area contributed by atoms with Crippen LogP contribution in [0.25, 0.3) is 0 Å². The average Bonchev–Trinajstić information content (AvgIpc) is 2.73. The predicted molar refractivity (Wildman–Crippen MR) is 62.9 cm³/mol. The number of hydrogen-bond acceptors (Lipinski definition) is 7. The molecule has 0 amide bonds. The molecule has 7 heteroatoms. The third kappa shape index (κ3) is 2.97. The van der Waals surface area contributed by atoms with Crippen molar-refractivity contribution >= 4 is 22.3 Å². The molecule has 0 aromatic carbocycles. The fourth-order valence-electron chi connectivity index (χ4n) is 1.13. The lowest BCUT2D eigenvalue weighted by atomic mass is 10.2. The van der Waals surface area contributed by atoms with E-state index in [1.165, 1.54) is 24.5 Å². The molecule has 0 saturated carbocycles. The van der Waals surface area contributed by atoms with Gasteiger partial charge in [0.25, 0.3) is 5.19 Å². The van der Waals surface area contributed by atoms with Gasteiger partial charge in [-0.25, -0.2) is 0 Å². The van der Waals surface area contributed by atoms with Gasteiger partial charge in [-0.05, 0) is 30.4 Å². The lowest BCUT2D eigenvalue weighted by Crippen LogP contribution is -2.00. The number of aromatic nitrogens is 3. The summed E-state index contributed by atoms with van der Waals surface area (Å²) in [6.07, 6.45) is 1.52. The van der Waals surface area contributed by atoms with E-state index in [-0.39, 0.29) is 12.4 Å². The summed E-state index contributed by atoms with van der Waals surface area (Å²) in [4.78, 5) is 15.1. The van der Waals surface area contributed by atoms with Gasteiger partial charge in [-0.1, -0.05) is 5.10 Å². The second-order valence-corrected chi connectivity index (χ2v) is 4.26. The molecule has 0 bridgehead atoms. The largest absolute Gasteiger partial charge is 0.462 e. The van der Waals surface area contributed by atoms with Gasteiger partial charge in [0.2, 0.25) is 5.13 Å². The van der Waals surface area contributed by atoms with Crippen molar-refractivity contribution in [2.45, 2.75) is 13.5 Å². The van der Waals surface area contributed by atoms with Crippen molar-refractivity contribution in [3.05, 3.63) is 29.6 Å². The van der Waals surface area contributed by atoms with Crippen molar-refractivity contribution in [1.29, 1.82) is 0 Å². The maximum absolute atomic E-state index is 11.0. The van der Waals surface area contributed by atoms with Crippen LogP contribution in [0.3, 0.4) is 0 Å². The number of Topliss-reactive ketones (excluding diaryl/α,β-unsaturated/α-hetero) is 1. The molecule has 17 heavy (non-hydrogen) atoms. The van der Waals surface area contributed by atoms with Crippen LogP contribution >= 0.6 is 11.3 Å². The lowest BCUT2D eigenvalue weighted by Gasteiger charge is -2.01. The molecular formula is C10H10N4O2S. The number of anilines is 1. The van der Waals surface area contributed by atoms with E-state index in [0.717, 1.165) is 0 Å². The van der Waals surface area contributed by atoms with Crippen LogP contribution < -0.4 is 10.5 Å². The fourth-order valence-corrected chi connectivity index (χ4v) is 1.59. The second-order valence-electron chi connectivity index (χ2n) is 3.29. The molecule has 0 unspecified atom stereocenters.